The standard InChI is InChI=1S/C17H19F2N/c1-11-5-4-6-12(2)15(11)10-20-13(3)14-7-8-16(18)17(19)9-14/h4-9,13,20H,10H2,1-3H3. The molecule has 1 nitrogen and oxygen atoms in total. The van der Waals surface area contributed by atoms with Gasteiger partial charge in [-0.2, -0.15) is 0 Å². The quantitative estimate of drug-likeness (QED) is 0.870. The van der Waals surface area contributed by atoms with Crippen molar-refractivity contribution >= 4 is 0 Å². The van der Waals surface area contributed by atoms with Gasteiger partial charge < -0.3 is 5.32 Å². The minimum Gasteiger partial charge on any atom is -0.306 e. The zero-order valence-corrected chi connectivity index (χ0v) is 12.0. The lowest BCUT2D eigenvalue weighted by molar-refractivity contribution is 0.500. The predicted octanol–water partition coefficient (Wildman–Crippen LogP) is 4.43. The molecule has 2 aromatic rings. The maximum atomic E-state index is 13.2. The molecule has 106 valence electrons. The highest BCUT2D eigenvalue weighted by Crippen LogP contribution is 2.18. The predicted molar refractivity (Wildman–Crippen MR) is 77.5 cm³/mol. The summed E-state index contributed by atoms with van der Waals surface area (Å²) in [4.78, 5) is 0. The summed E-state index contributed by atoms with van der Waals surface area (Å²) in [6, 6.07) is 10.2. The highest BCUT2D eigenvalue weighted by Gasteiger charge is 2.10. The van der Waals surface area contributed by atoms with Gasteiger partial charge in [0, 0.05) is 12.6 Å². The van der Waals surface area contributed by atoms with Crippen molar-refractivity contribution in [3.63, 3.8) is 0 Å². The summed E-state index contributed by atoms with van der Waals surface area (Å²) in [7, 11) is 0. The van der Waals surface area contributed by atoms with Crippen molar-refractivity contribution in [2.45, 2.75) is 33.4 Å². The second-order valence-corrected chi connectivity index (χ2v) is 5.15. The van der Waals surface area contributed by atoms with E-state index < -0.39 is 11.6 Å². The van der Waals surface area contributed by atoms with E-state index in [2.05, 4.69) is 31.3 Å². The van der Waals surface area contributed by atoms with E-state index in [4.69, 9.17) is 0 Å². The summed E-state index contributed by atoms with van der Waals surface area (Å²) in [5, 5.41) is 3.35. The van der Waals surface area contributed by atoms with Crippen molar-refractivity contribution in [3.8, 4) is 0 Å². The van der Waals surface area contributed by atoms with Crippen LogP contribution >= 0.6 is 0 Å². The van der Waals surface area contributed by atoms with Gasteiger partial charge in [0.1, 0.15) is 0 Å². The van der Waals surface area contributed by atoms with Gasteiger partial charge in [-0.15, -0.1) is 0 Å². The Morgan fingerprint density at radius 3 is 2.25 bits per heavy atom. The van der Waals surface area contributed by atoms with E-state index in [-0.39, 0.29) is 6.04 Å². The van der Waals surface area contributed by atoms with Crippen molar-refractivity contribution in [1.29, 1.82) is 0 Å². The van der Waals surface area contributed by atoms with E-state index in [1.165, 1.54) is 28.8 Å². The second-order valence-electron chi connectivity index (χ2n) is 5.15. The number of rotatable bonds is 4. The van der Waals surface area contributed by atoms with Gasteiger partial charge in [0.25, 0.3) is 0 Å². The zero-order valence-electron chi connectivity index (χ0n) is 12.0. The third kappa shape index (κ3) is 3.23. The topological polar surface area (TPSA) is 12.0 Å². The SMILES string of the molecule is Cc1cccc(C)c1CNC(C)c1ccc(F)c(F)c1. The number of aryl methyl sites for hydroxylation is 2. The molecule has 0 aliphatic heterocycles. The lowest BCUT2D eigenvalue weighted by Crippen LogP contribution is -2.19. The summed E-state index contributed by atoms with van der Waals surface area (Å²) in [6.45, 7) is 6.80. The van der Waals surface area contributed by atoms with Gasteiger partial charge in [-0.3, -0.25) is 0 Å². The molecule has 2 aromatic carbocycles. The molecular weight excluding hydrogens is 256 g/mol. The maximum absolute atomic E-state index is 13.2. The van der Waals surface area contributed by atoms with E-state index in [1.807, 2.05) is 13.0 Å². The van der Waals surface area contributed by atoms with Crippen LogP contribution in [0.5, 0.6) is 0 Å². The van der Waals surface area contributed by atoms with Gasteiger partial charge in [-0.25, -0.2) is 8.78 Å². The molecule has 0 saturated heterocycles. The number of halogens is 2. The smallest absolute Gasteiger partial charge is 0.159 e. The van der Waals surface area contributed by atoms with Crippen LogP contribution in [0.25, 0.3) is 0 Å². The molecule has 1 atom stereocenters. The zero-order chi connectivity index (χ0) is 14.7. The van der Waals surface area contributed by atoms with Gasteiger partial charge in [0.15, 0.2) is 11.6 Å². The molecule has 1 N–H and O–H groups in total. The summed E-state index contributed by atoms with van der Waals surface area (Å²) < 4.78 is 26.2. The average Bonchev–Trinajstić information content (AvgIpc) is 2.41. The minimum atomic E-state index is -0.810. The van der Waals surface area contributed by atoms with E-state index in [0.29, 0.717) is 6.54 Å². The maximum Gasteiger partial charge on any atom is 0.159 e. The molecule has 0 radical (unpaired) electrons. The molecule has 20 heavy (non-hydrogen) atoms. The van der Waals surface area contributed by atoms with E-state index in [9.17, 15) is 8.78 Å². The van der Waals surface area contributed by atoms with E-state index in [0.717, 1.165) is 5.56 Å². The Morgan fingerprint density at radius 1 is 1.00 bits per heavy atom. The monoisotopic (exact) mass is 275 g/mol. The largest absolute Gasteiger partial charge is 0.306 e. The summed E-state index contributed by atoms with van der Waals surface area (Å²) in [5.41, 5.74) is 4.46. The fourth-order valence-corrected chi connectivity index (χ4v) is 2.28. The van der Waals surface area contributed by atoms with Gasteiger partial charge in [0.2, 0.25) is 0 Å². The fourth-order valence-electron chi connectivity index (χ4n) is 2.28. The van der Waals surface area contributed by atoms with Crippen LogP contribution in [0.4, 0.5) is 8.78 Å². The van der Waals surface area contributed by atoms with Gasteiger partial charge in [-0.05, 0) is 55.2 Å². The molecule has 0 spiro atoms. The molecule has 1 unspecified atom stereocenters. The first-order chi connectivity index (χ1) is 9.49. The third-order valence-electron chi connectivity index (χ3n) is 3.67. The van der Waals surface area contributed by atoms with Gasteiger partial charge >= 0.3 is 0 Å². The van der Waals surface area contributed by atoms with Crippen molar-refractivity contribution in [3.05, 3.63) is 70.3 Å². The first-order valence-corrected chi connectivity index (χ1v) is 6.72. The Bertz CT molecular complexity index is 588. The summed E-state index contributed by atoms with van der Waals surface area (Å²) in [6.07, 6.45) is 0. The van der Waals surface area contributed by atoms with E-state index in [1.54, 1.807) is 6.07 Å². The summed E-state index contributed by atoms with van der Waals surface area (Å²) in [5.74, 6) is -1.61. The number of nitrogens with one attached hydrogen (secondary N) is 1. The molecule has 0 fully saturated rings. The third-order valence-corrected chi connectivity index (χ3v) is 3.67. The van der Waals surface area contributed by atoms with Crippen LogP contribution in [0.3, 0.4) is 0 Å². The highest BCUT2D eigenvalue weighted by molar-refractivity contribution is 5.33. The van der Waals surface area contributed by atoms with Crippen LogP contribution in [0, 0.1) is 25.5 Å². The molecule has 0 saturated carbocycles. The van der Waals surface area contributed by atoms with Crippen LogP contribution in [0.15, 0.2) is 36.4 Å². The van der Waals surface area contributed by atoms with Gasteiger partial charge in [-0.1, -0.05) is 24.3 Å². The molecule has 0 amide bonds. The molecule has 0 bridgehead atoms. The Balaban J connectivity index is 2.08. The number of hydrogen-bond donors (Lipinski definition) is 1. The van der Waals surface area contributed by atoms with Crippen LogP contribution in [-0.2, 0) is 6.54 Å². The Morgan fingerprint density at radius 2 is 1.65 bits per heavy atom. The minimum absolute atomic E-state index is 0.0379. The van der Waals surface area contributed by atoms with Crippen LogP contribution in [0.2, 0.25) is 0 Å². The van der Waals surface area contributed by atoms with Crippen molar-refractivity contribution in [2.24, 2.45) is 0 Å². The first kappa shape index (κ1) is 14.7. The van der Waals surface area contributed by atoms with Crippen LogP contribution < -0.4 is 5.32 Å². The van der Waals surface area contributed by atoms with Crippen molar-refractivity contribution in [1.82, 2.24) is 5.32 Å². The molecule has 0 aromatic heterocycles. The Labute approximate surface area is 118 Å². The normalized spacial score (nSPS) is 12.4. The fraction of sp³-hybridized carbons (Fsp3) is 0.294. The molecule has 2 rings (SSSR count). The number of benzene rings is 2. The van der Waals surface area contributed by atoms with Crippen molar-refractivity contribution in [2.75, 3.05) is 0 Å². The lowest BCUT2D eigenvalue weighted by Gasteiger charge is -2.17. The molecular formula is C17H19F2N. The number of hydrogen-bond acceptors (Lipinski definition) is 1. The lowest BCUT2D eigenvalue weighted by atomic mass is 10.0. The second kappa shape index (κ2) is 6.14. The highest BCUT2D eigenvalue weighted by atomic mass is 19.2. The molecule has 3 heteroatoms. The van der Waals surface area contributed by atoms with Gasteiger partial charge in [0.05, 0.1) is 0 Å². The van der Waals surface area contributed by atoms with E-state index >= 15 is 0 Å². The summed E-state index contributed by atoms with van der Waals surface area (Å²) >= 11 is 0. The molecule has 0 aliphatic carbocycles. The first-order valence-electron chi connectivity index (χ1n) is 6.72. The average molecular weight is 275 g/mol. The Hall–Kier alpha value is -1.74. The van der Waals surface area contributed by atoms with Crippen molar-refractivity contribution < 1.29 is 8.78 Å². The van der Waals surface area contributed by atoms with Crippen LogP contribution in [0.1, 0.15) is 35.2 Å². The molecule has 0 aliphatic rings. The van der Waals surface area contributed by atoms with Crippen LogP contribution in [-0.4, -0.2) is 0 Å². The molecule has 0 heterocycles. The Kier molecular flexibility index (Phi) is 4.50.